The number of carbonyl (C=O) groups is 8. The number of hydrogen-bond acceptors (Lipinski definition) is 29. The zero-order valence-electron chi connectivity index (χ0n) is 69.9. The number of phosphoric acid groups is 1. The summed E-state index contributed by atoms with van der Waals surface area (Å²) in [7, 11) is -3.08. The molecular formula is C82H146N3O30P. The molecule has 0 aromatic rings. The molecule has 18 atom stereocenters. The van der Waals surface area contributed by atoms with Crippen molar-refractivity contribution in [1.82, 2.24) is 15.5 Å². The van der Waals surface area contributed by atoms with E-state index in [0.29, 0.717) is 148 Å². The van der Waals surface area contributed by atoms with Crippen molar-refractivity contribution < 1.29 is 145 Å². The van der Waals surface area contributed by atoms with Crippen LogP contribution in [0.2, 0.25) is 0 Å². The number of unbranched alkanes of at least 4 members (excludes halogenated alkanes) is 14. The van der Waals surface area contributed by atoms with Crippen molar-refractivity contribution in [2.24, 2.45) is 29.1 Å². The van der Waals surface area contributed by atoms with Gasteiger partial charge in [0.1, 0.15) is 65.5 Å². The Labute approximate surface area is 686 Å². The SMILES string of the molecule is COP(=O)(O)OC[C@@H]1C[C@@H](C)CN1C(=O)CCCCCCCCCCC(=O)CC(COCCC(=O)CCCCCC(=O)CCCCOC1OC(CO)C(O)C(O)C1C)(COCCC(=O)CCCCCC(=O)CCCCOC1OC(CO)C(O)C(O)C1C)COCCC(=O)NCCCNC(=O)CCCCOC1OC(CO)C(O)C(O)C1C. The molecule has 0 spiro atoms. The zero-order valence-corrected chi connectivity index (χ0v) is 70.8. The number of hydrogen-bond donors (Lipinski definition) is 12. The summed E-state index contributed by atoms with van der Waals surface area (Å²) >= 11 is 0. The predicted octanol–water partition coefficient (Wildman–Crippen LogP) is 5.64. The fourth-order valence-electron chi connectivity index (χ4n) is 14.8. The number of aliphatic hydroxyl groups is 9. The Morgan fingerprint density at radius 3 is 1.13 bits per heavy atom. The number of nitrogens with one attached hydrogen (secondary N) is 2. The summed E-state index contributed by atoms with van der Waals surface area (Å²) in [5.41, 5.74) is -1.10. The van der Waals surface area contributed by atoms with Crippen molar-refractivity contribution in [2.45, 2.75) is 332 Å². The molecule has 4 aliphatic heterocycles. The maximum Gasteiger partial charge on any atom is 0.471 e. The topological polar surface area (TPSA) is 485 Å². The van der Waals surface area contributed by atoms with Gasteiger partial charge in [-0.3, -0.25) is 47.4 Å². The normalized spacial score (nSPS) is 26.6. The lowest BCUT2D eigenvalue weighted by Crippen LogP contribution is -2.55. The van der Waals surface area contributed by atoms with Crippen molar-refractivity contribution in [1.29, 1.82) is 0 Å². The lowest BCUT2D eigenvalue weighted by molar-refractivity contribution is -0.282. The van der Waals surface area contributed by atoms with Crippen LogP contribution in [0.4, 0.5) is 0 Å². The van der Waals surface area contributed by atoms with E-state index in [0.717, 1.165) is 45.6 Å². The molecule has 4 fully saturated rings. The molecule has 0 aromatic heterocycles. The van der Waals surface area contributed by atoms with Crippen LogP contribution in [-0.2, 0) is 94.6 Å². The lowest BCUT2D eigenvalue weighted by atomic mass is 9.83. The highest BCUT2D eigenvalue weighted by Crippen LogP contribution is 2.43. The summed E-state index contributed by atoms with van der Waals surface area (Å²) in [5.74, 6) is -1.77. The van der Waals surface area contributed by atoms with Crippen LogP contribution < -0.4 is 10.6 Å². The number of amides is 3. The van der Waals surface area contributed by atoms with E-state index in [2.05, 4.69) is 15.2 Å². The molecule has 12 N–H and O–H groups in total. The first-order chi connectivity index (χ1) is 55.6. The highest BCUT2D eigenvalue weighted by molar-refractivity contribution is 7.47. The summed E-state index contributed by atoms with van der Waals surface area (Å²) in [6.07, 6.45) is 5.47. The number of Topliss-reactive ketones (excluding diaryl/α,β-unsaturated/α-hetero) is 5. The van der Waals surface area contributed by atoms with E-state index < -0.39 is 125 Å². The monoisotopic (exact) mass is 1680 g/mol. The molecule has 0 radical (unpaired) electrons. The van der Waals surface area contributed by atoms with Crippen molar-refractivity contribution in [2.75, 3.05) is 113 Å². The predicted molar refractivity (Wildman–Crippen MR) is 424 cm³/mol. The second-order valence-corrected chi connectivity index (χ2v) is 34.0. The van der Waals surface area contributed by atoms with E-state index in [1.54, 1.807) is 25.7 Å². The zero-order chi connectivity index (χ0) is 85.3. The molecule has 4 heterocycles. The average Bonchev–Trinajstić information content (AvgIpc) is 1.41. The molecule has 0 bridgehead atoms. The van der Waals surface area contributed by atoms with Crippen LogP contribution in [0, 0.1) is 29.1 Å². The lowest BCUT2D eigenvalue weighted by Gasteiger charge is -2.40. The third-order valence-electron chi connectivity index (χ3n) is 22.2. The Kier molecular flexibility index (Phi) is 53.9. The van der Waals surface area contributed by atoms with Crippen molar-refractivity contribution in [3.8, 4) is 0 Å². The molecule has 4 rings (SSSR count). The van der Waals surface area contributed by atoms with Crippen molar-refractivity contribution in [3.63, 3.8) is 0 Å². The van der Waals surface area contributed by atoms with E-state index in [-0.39, 0.29) is 183 Å². The highest BCUT2D eigenvalue weighted by atomic mass is 31.2. The number of ether oxygens (including phenoxy) is 9. The van der Waals surface area contributed by atoms with Crippen LogP contribution in [-0.4, -0.2) is 295 Å². The minimum absolute atomic E-state index is 0.00659. The Hall–Kier alpha value is -3.85. The van der Waals surface area contributed by atoms with E-state index in [9.17, 15) is 93.8 Å². The first-order valence-electron chi connectivity index (χ1n) is 43.0. The maximum absolute atomic E-state index is 14.2. The summed E-state index contributed by atoms with van der Waals surface area (Å²) in [6, 6.07) is -0.297. The van der Waals surface area contributed by atoms with Gasteiger partial charge in [0.2, 0.25) is 17.7 Å². The highest BCUT2D eigenvalue weighted by Gasteiger charge is 2.45. The van der Waals surface area contributed by atoms with Gasteiger partial charge in [-0.25, -0.2) is 4.57 Å². The molecular weight excluding hydrogens is 1540 g/mol. The summed E-state index contributed by atoms with van der Waals surface area (Å²) in [5, 5.41) is 95.5. The van der Waals surface area contributed by atoms with Gasteiger partial charge in [-0.15, -0.1) is 0 Å². The van der Waals surface area contributed by atoms with E-state index in [4.69, 9.17) is 47.2 Å². The summed E-state index contributed by atoms with van der Waals surface area (Å²) in [4.78, 5) is 117. The standard InChI is InChI=1S/C82H146N3O30P/c1-57-47-61(53-112-116(103,104)105-5)85(49-57)72(96)35-19-11-9-7-6-8-10-14-33-66(93)48-82(54-106-44-36-64(91)29-17-12-15-27-62(89)31-20-23-41-109-79-58(2)73(97)76(100)67(50-86)113-79,55-107-45-37-65(92)30-18-13-16-28-63(90)32-21-24-42-110-80-59(3)74(98)77(101)68(51-87)114-80)56-108-46-38-71(95)84-40-26-39-83-70(94)34-22-25-43-111-81-60(4)75(99)78(102)69(52-88)115-81/h57-61,67-69,73-81,86-88,97-102H,6-56H2,1-5H3,(H,83,94)(H,84,95)(H,103,104)/t57-,58?,59?,60?,61+,67?,68?,69?,73?,74?,75?,76?,77?,78?,79?,80?,81?,82?/m1/s1. The number of rotatable bonds is 69. The third kappa shape index (κ3) is 41.8. The Morgan fingerprint density at radius 1 is 0.414 bits per heavy atom. The van der Waals surface area contributed by atoms with Gasteiger partial charge >= 0.3 is 7.82 Å². The Balaban J connectivity index is 1.28. The summed E-state index contributed by atoms with van der Waals surface area (Å²) < 4.78 is 74.4. The minimum atomic E-state index is -4.17. The molecule has 4 aliphatic rings. The molecule has 674 valence electrons. The Bertz CT molecular complexity index is 2600. The smallest absolute Gasteiger partial charge is 0.394 e. The van der Waals surface area contributed by atoms with Gasteiger partial charge in [-0.2, -0.15) is 0 Å². The molecule has 33 nitrogen and oxygen atoms in total. The number of phosphoric ester groups is 1. The van der Waals surface area contributed by atoms with Crippen LogP contribution in [0.5, 0.6) is 0 Å². The first kappa shape index (κ1) is 104. The van der Waals surface area contributed by atoms with Gasteiger partial charge in [0.15, 0.2) is 18.9 Å². The van der Waals surface area contributed by atoms with E-state index in [1.165, 1.54) is 0 Å². The van der Waals surface area contributed by atoms with Gasteiger partial charge in [0, 0.05) is 153 Å². The minimum Gasteiger partial charge on any atom is -0.394 e. The summed E-state index contributed by atoms with van der Waals surface area (Å²) in [6.45, 7) is 7.37. The van der Waals surface area contributed by atoms with Crippen molar-refractivity contribution >= 4 is 54.5 Å². The molecule has 0 saturated carbocycles. The molecule has 3 amide bonds. The van der Waals surface area contributed by atoms with E-state index >= 15 is 0 Å². The van der Waals surface area contributed by atoms with Gasteiger partial charge in [-0.1, -0.05) is 79.1 Å². The van der Waals surface area contributed by atoms with Crippen LogP contribution in [0.15, 0.2) is 0 Å². The number of nitrogens with zero attached hydrogens (tertiary/aromatic N) is 1. The molecule has 34 heteroatoms. The third-order valence-corrected chi connectivity index (χ3v) is 23.2. The number of likely N-dealkylation sites (tertiary alicyclic amines) is 1. The van der Waals surface area contributed by atoms with Gasteiger partial charge < -0.3 is 109 Å². The van der Waals surface area contributed by atoms with Crippen LogP contribution in [0.25, 0.3) is 0 Å². The van der Waals surface area contributed by atoms with Gasteiger partial charge in [0.05, 0.1) is 90.4 Å². The molecule has 16 unspecified atom stereocenters. The average molecular weight is 1690 g/mol. The van der Waals surface area contributed by atoms with E-state index in [1.807, 2.05) is 6.92 Å². The number of carbonyl (C=O) groups excluding carboxylic acids is 8. The second kappa shape index (κ2) is 59.8. The fourth-order valence-corrected chi connectivity index (χ4v) is 15.2. The maximum atomic E-state index is 14.2. The fraction of sp³-hybridized carbons (Fsp3) is 0.902. The molecule has 116 heavy (non-hydrogen) atoms. The molecule has 0 aromatic carbocycles. The first-order valence-corrected chi connectivity index (χ1v) is 44.5. The largest absolute Gasteiger partial charge is 0.471 e. The van der Waals surface area contributed by atoms with Crippen LogP contribution in [0.1, 0.15) is 252 Å². The van der Waals surface area contributed by atoms with Crippen LogP contribution >= 0.6 is 7.82 Å². The van der Waals surface area contributed by atoms with Gasteiger partial charge in [-0.05, 0) is 95.8 Å². The number of ketones is 5. The quantitative estimate of drug-likeness (QED) is 0.0259. The van der Waals surface area contributed by atoms with Crippen molar-refractivity contribution in [3.05, 3.63) is 0 Å². The second-order valence-electron chi connectivity index (χ2n) is 32.4. The number of aliphatic hydroxyl groups excluding tert-OH is 9. The Morgan fingerprint density at radius 2 is 0.741 bits per heavy atom. The molecule has 0 aliphatic carbocycles. The molecule has 4 saturated heterocycles. The van der Waals surface area contributed by atoms with Crippen LogP contribution in [0.3, 0.4) is 0 Å². The van der Waals surface area contributed by atoms with Gasteiger partial charge in [0.25, 0.3) is 0 Å².